The Hall–Kier alpha value is -1.63. The monoisotopic (exact) mass is 387 g/mol. The van der Waals surface area contributed by atoms with E-state index in [2.05, 4.69) is 10.5 Å². The van der Waals surface area contributed by atoms with Crippen molar-refractivity contribution in [3.05, 3.63) is 40.4 Å². The molecule has 136 valence electrons. The molecule has 1 aromatic carbocycles. The summed E-state index contributed by atoms with van der Waals surface area (Å²) in [5.74, 6) is 0.0620. The average molecular weight is 388 g/mol. The Balaban J connectivity index is 0.00000225. The molecule has 2 heterocycles. The number of likely N-dealkylation sites (tertiary alicyclic amines) is 1. The maximum absolute atomic E-state index is 14.2. The van der Waals surface area contributed by atoms with Gasteiger partial charge < -0.3 is 14.7 Å². The van der Waals surface area contributed by atoms with E-state index < -0.39 is 5.82 Å². The highest BCUT2D eigenvalue weighted by atomic mass is 35.5. The van der Waals surface area contributed by atoms with Gasteiger partial charge in [0.25, 0.3) is 5.91 Å². The number of halogens is 3. The van der Waals surface area contributed by atoms with Crippen molar-refractivity contribution in [2.75, 3.05) is 26.7 Å². The standard InChI is InChI=1S/C17H19ClFN3O2.ClH/c1-10-14(17(23)22-7-6-11(9-22)8-20-2)16(21-24-10)15-12(18)4-3-5-13(15)19;/h3-5,11,20H,6-9H2,1-2H3;1H. The SMILES string of the molecule is CNCC1CCN(C(=O)c2c(-c3c(F)cccc3Cl)noc2C)C1.Cl. The summed E-state index contributed by atoms with van der Waals surface area (Å²) in [7, 11) is 1.90. The molecule has 0 saturated carbocycles. The van der Waals surface area contributed by atoms with E-state index >= 15 is 0 Å². The average Bonchev–Trinajstić information content (AvgIpc) is 3.14. The third-order valence-electron chi connectivity index (χ3n) is 4.34. The van der Waals surface area contributed by atoms with Crippen LogP contribution in [0.25, 0.3) is 11.3 Å². The van der Waals surface area contributed by atoms with Crippen LogP contribution < -0.4 is 5.32 Å². The Kier molecular flexibility index (Phi) is 6.43. The summed E-state index contributed by atoms with van der Waals surface area (Å²) in [6, 6.07) is 4.37. The van der Waals surface area contributed by atoms with Crippen LogP contribution in [0.15, 0.2) is 22.7 Å². The summed E-state index contributed by atoms with van der Waals surface area (Å²) in [6.45, 7) is 3.84. The molecule has 1 atom stereocenters. The first kappa shape index (κ1) is 19.7. The van der Waals surface area contributed by atoms with Crippen molar-refractivity contribution in [3.63, 3.8) is 0 Å². The molecule has 5 nitrogen and oxygen atoms in total. The second-order valence-electron chi connectivity index (χ2n) is 6.02. The molecule has 1 saturated heterocycles. The summed E-state index contributed by atoms with van der Waals surface area (Å²) in [4.78, 5) is 14.7. The number of hydrogen-bond donors (Lipinski definition) is 1. The zero-order valence-corrected chi connectivity index (χ0v) is 15.6. The molecule has 0 spiro atoms. The minimum Gasteiger partial charge on any atom is -0.360 e. The Bertz CT molecular complexity index is 746. The smallest absolute Gasteiger partial charge is 0.259 e. The molecular weight excluding hydrogens is 368 g/mol. The van der Waals surface area contributed by atoms with Crippen LogP contribution in [0.4, 0.5) is 4.39 Å². The highest BCUT2D eigenvalue weighted by molar-refractivity contribution is 6.33. The van der Waals surface area contributed by atoms with E-state index in [0.717, 1.165) is 13.0 Å². The number of nitrogens with one attached hydrogen (secondary N) is 1. The molecule has 1 aliphatic rings. The fourth-order valence-corrected chi connectivity index (χ4v) is 3.40. The lowest BCUT2D eigenvalue weighted by Crippen LogP contribution is -2.30. The number of hydrogen-bond acceptors (Lipinski definition) is 4. The molecule has 1 aliphatic heterocycles. The van der Waals surface area contributed by atoms with Crippen molar-refractivity contribution in [2.45, 2.75) is 13.3 Å². The summed E-state index contributed by atoms with van der Waals surface area (Å²) < 4.78 is 19.4. The molecule has 1 unspecified atom stereocenters. The van der Waals surface area contributed by atoms with Crippen molar-refractivity contribution in [1.82, 2.24) is 15.4 Å². The summed E-state index contributed by atoms with van der Waals surface area (Å²) >= 11 is 6.12. The van der Waals surface area contributed by atoms with E-state index in [1.165, 1.54) is 12.1 Å². The maximum Gasteiger partial charge on any atom is 0.259 e. The summed E-state index contributed by atoms with van der Waals surface area (Å²) in [5.41, 5.74) is 0.551. The molecule has 1 fully saturated rings. The first-order chi connectivity index (χ1) is 11.5. The van der Waals surface area contributed by atoms with Crippen LogP contribution in [0.5, 0.6) is 0 Å². The fraction of sp³-hybridized carbons (Fsp3) is 0.412. The molecule has 0 radical (unpaired) electrons. The van der Waals surface area contributed by atoms with Crippen LogP contribution >= 0.6 is 24.0 Å². The number of aromatic nitrogens is 1. The van der Waals surface area contributed by atoms with E-state index in [9.17, 15) is 9.18 Å². The molecular formula is C17H20Cl2FN3O2. The van der Waals surface area contributed by atoms with Gasteiger partial charge in [0.05, 0.1) is 10.6 Å². The zero-order valence-electron chi connectivity index (χ0n) is 14.0. The quantitative estimate of drug-likeness (QED) is 0.871. The molecule has 1 amide bonds. The number of amides is 1. The van der Waals surface area contributed by atoms with Crippen LogP contribution in [0, 0.1) is 18.7 Å². The second kappa shape index (κ2) is 8.17. The molecule has 0 aliphatic carbocycles. The first-order valence-electron chi connectivity index (χ1n) is 7.87. The van der Waals surface area contributed by atoms with Gasteiger partial charge in [-0.1, -0.05) is 22.8 Å². The van der Waals surface area contributed by atoms with Gasteiger partial charge >= 0.3 is 0 Å². The highest BCUT2D eigenvalue weighted by Gasteiger charge is 2.32. The van der Waals surface area contributed by atoms with E-state index in [4.69, 9.17) is 16.1 Å². The lowest BCUT2D eigenvalue weighted by Gasteiger charge is -2.17. The molecule has 8 heteroatoms. The van der Waals surface area contributed by atoms with Crippen molar-refractivity contribution >= 4 is 29.9 Å². The summed E-state index contributed by atoms with van der Waals surface area (Å²) in [5, 5.41) is 7.23. The number of carbonyl (C=O) groups excluding carboxylic acids is 1. The number of rotatable bonds is 4. The Morgan fingerprint density at radius 1 is 1.52 bits per heavy atom. The largest absolute Gasteiger partial charge is 0.360 e. The van der Waals surface area contributed by atoms with Crippen molar-refractivity contribution in [2.24, 2.45) is 5.92 Å². The van der Waals surface area contributed by atoms with Crippen LogP contribution in [0.3, 0.4) is 0 Å². The predicted octanol–water partition coefficient (Wildman–Crippen LogP) is 3.55. The third-order valence-corrected chi connectivity index (χ3v) is 4.66. The van der Waals surface area contributed by atoms with Gasteiger partial charge in [-0.15, -0.1) is 12.4 Å². The zero-order chi connectivity index (χ0) is 17.3. The lowest BCUT2D eigenvalue weighted by molar-refractivity contribution is 0.0786. The Morgan fingerprint density at radius 3 is 2.96 bits per heavy atom. The Morgan fingerprint density at radius 2 is 2.28 bits per heavy atom. The van der Waals surface area contributed by atoms with Crippen LogP contribution in [0.1, 0.15) is 22.5 Å². The van der Waals surface area contributed by atoms with E-state index in [1.807, 2.05) is 7.05 Å². The maximum atomic E-state index is 14.2. The van der Waals surface area contributed by atoms with Gasteiger partial charge in [0.2, 0.25) is 0 Å². The van der Waals surface area contributed by atoms with Crippen molar-refractivity contribution in [3.8, 4) is 11.3 Å². The van der Waals surface area contributed by atoms with Gasteiger partial charge in [-0.25, -0.2) is 4.39 Å². The van der Waals surface area contributed by atoms with Crippen LogP contribution in [0.2, 0.25) is 5.02 Å². The normalized spacial score (nSPS) is 16.8. The van der Waals surface area contributed by atoms with Crippen LogP contribution in [-0.2, 0) is 0 Å². The highest BCUT2D eigenvalue weighted by Crippen LogP contribution is 2.34. The summed E-state index contributed by atoms with van der Waals surface area (Å²) in [6.07, 6.45) is 0.937. The first-order valence-corrected chi connectivity index (χ1v) is 8.25. The lowest BCUT2D eigenvalue weighted by atomic mass is 10.0. The number of aryl methyl sites for hydroxylation is 1. The minimum absolute atomic E-state index is 0. The number of carbonyl (C=O) groups is 1. The van der Waals surface area contributed by atoms with Gasteiger partial charge in [-0.2, -0.15) is 0 Å². The molecule has 2 aromatic rings. The van der Waals surface area contributed by atoms with E-state index in [0.29, 0.717) is 24.8 Å². The predicted molar refractivity (Wildman–Crippen MR) is 96.8 cm³/mol. The van der Waals surface area contributed by atoms with Gasteiger partial charge in [-0.05, 0) is 45.0 Å². The van der Waals surface area contributed by atoms with Gasteiger partial charge in [0.15, 0.2) is 0 Å². The molecule has 1 aromatic heterocycles. The van der Waals surface area contributed by atoms with Gasteiger partial charge in [-0.3, -0.25) is 4.79 Å². The third kappa shape index (κ3) is 3.81. The van der Waals surface area contributed by atoms with Crippen molar-refractivity contribution < 1.29 is 13.7 Å². The number of benzene rings is 1. The van der Waals surface area contributed by atoms with Crippen LogP contribution in [-0.4, -0.2) is 42.6 Å². The minimum atomic E-state index is -0.528. The second-order valence-corrected chi connectivity index (χ2v) is 6.43. The topological polar surface area (TPSA) is 58.4 Å². The van der Waals surface area contributed by atoms with E-state index in [1.54, 1.807) is 17.9 Å². The van der Waals surface area contributed by atoms with Gasteiger partial charge in [0.1, 0.15) is 22.8 Å². The molecule has 0 bridgehead atoms. The van der Waals surface area contributed by atoms with Gasteiger partial charge in [0, 0.05) is 13.1 Å². The van der Waals surface area contributed by atoms with E-state index in [-0.39, 0.29) is 40.2 Å². The molecule has 3 rings (SSSR count). The molecule has 1 N–H and O–H groups in total. The Labute approximate surface area is 156 Å². The number of nitrogens with zero attached hydrogens (tertiary/aromatic N) is 2. The molecule has 25 heavy (non-hydrogen) atoms. The van der Waals surface area contributed by atoms with Crippen molar-refractivity contribution in [1.29, 1.82) is 0 Å². The fourth-order valence-electron chi connectivity index (χ4n) is 3.15.